The zero-order chi connectivity index (χ0) is 7.65. The Morgan fingerprint density at radius 2 is 1.22 bits per heavy atom. The van der Waals surface area contributed by atoms with Crippen LogP contribution in [0.2, 0.25) is 0 Å². The molecular weight excluding hydrogens is 127 g/mol. The molecule has 1 unspecified atom stereocenters. The van der Waals surface area contributed by atoms with E-state index >= 15 is 0 Å². The van der Waals surface area contributed by atoms with Gasteiger partial charge >= 0.3 is 0 Å². The number of hydrogen-bond acceptors (Lipinski definition) is 0. The predicted molar refractivity (Wildman–Crippen MR) is 47.8 cm³/mol. The van der Waals surface area contributed by atoms with E-state index in [0.717, 1.165) is 11.8 Å². The SMILES string of the molecule is CC(C)C(C)(P)C(C)C. The van der Waals surface area contributed by atoms with Crippen molar-refractivity contribution in [2.75, 3.05) is 0 Å². The Morgan fingerprint density at radius 3 is 1.22 bits per heavy atom. The van der Waals surface area contributed by atoms with Crippen molar-refractivity contribution in [2.45, 2.75) is 39.8 Å². The van der Waals surface area contributed by atoms with Gasteiger partial charge in [0.25, 0.3) is 0 Å². The highest BCUT2D eigenvalue weighted by atomic mass is 31.0. The Bertz CT molecular complexity index is 72.6. The summed E-state index contributed by atoms with van der Waals surface area (Å²) < 4.78 is 0. The highest BCUT2D eigenvalue weighted by Gasteiger charge is 2.25. The molecule has 0 nitrogen and oxygen atoms in total. The van der Waals surface area contributed by atoms with Crippen LogP contribution in [0.25, 0.3) is 0 Å². The molecule has 0 amide bonds. The Morgan fingerprint density at radius 1 is 1.00 bits per heavy atom. The molecule has 0 heterocycles. The lowest BCUT2D eigenvalue weighted by Gasteiger charge is -2.33. The first-order chi connectivity index (χ1) is 3.89. The molecule has 1 atom stereocenters. The van der Waals surface area contributed by atoms with Crippen molar-refractivity contribution in [2.24, 2.45) is 11.8 Å². The molecule has 0 fully saturated rings. The molecule has 0 saturated carbocycles. The Hall–Kier alpha value is 0.430. The van der Waals surface area contributed by atoms with Crippen LogP contribution in [0.1, 0.15) is 34.6 Å². The summed E-state index contributed by atoms with van der Waals surface area (Å²) >= 11 is 0. The van der Waals surface area contributed by atoms with Crippen LogP contribution in [-0.4, -0.2) is 5.16 Å². The number of rotatable bonds is 2. The summed E-state index contributed by atoms with van der Waals surface area (Å²) in [7, 11) is 2.95. The highest BCUT2D eigenvalue weighted by Crippen LogP contribution is 2.34. The third-order valence-corrected chi connectivity index (χ3v) is 3.82. The van der Waals surface area contributed by atoms with E-state index in [2.05, 4.69) is 43.9 Å². The van der Waals surface area contributed by atoms with Crippen LogP contribution < -0.4 is 0 Å². The van der Waals surface area contributed by atoms with Gasteiger partial charge in [0, 0.05) is 0 Å². The molecule has 0 aromatic heterocycles. The van der Waals surface area contributed by atoms with Crippen molar-refractivity contribution in [3.63, 3.8) is 0 Å². The van der Waals surface area contributed by atoms with Crippen molar-refractivity contribution in [1.82, 2.24) is 0 Å². The van der Waals surface area contributed by atoms with Gasteiger partial charge in [-0.25, -0.2) is 0 Å². The molecule has 0 aliphatic carbocycles. The summed E-state index contributed by atoms with van der Waals surface area (Å²) in [5, 5.41) is 0.417. The summed E-state index contributed by atoms with van der Waals surface area (Å²) in [6.07, 6.45) is 0. The minimum absolute atomic E-state index is 0.417. The van der Waals surface area contributed by atoms with Crippen molar-refractivity contribution < 1.29 is 0 Å². The molecular formula is C8H19P. The van der Waals surface area contributed by atoms with Crippen LogP contribution in [0.4, 0.5) is 0 Å². The Balaban J connectivity index is 4.01. The zero-order valence-corrected chi connectivity index (χ0v) is 8.39. The second kappa shape index (κ2) is 3.01. The predicted octanol–water partition coefficient (Wildman–Crippen LogP) is 2.93. The van der Waals surface area contributed by atoms with Gasteiger partial charge in [-0.2, -0.15) is 0 Å². The van der Waals surface area contributed by atoms with Gasteiger partial charge in [-0.1, -0.05) is 34.6 Å². The maximum Gasteiger partial charge on any atom is -0.0132 e. The minimum atomic E-state index is 0.417. The Labute approximate surface area is 61.6 Å². The summed E-state index contributed by atoms with van der Waals surface area (Å²) in [4.78, 5) is 0. The van der Waals surface area contributed by atoms with E-state index in [4.69, 9.17) is 0 Å². The molecule has 1 heteroatoms. The summed E-state index contributed by atoms with van der Waals surface area (Å²) in [5.74, 6) is 1.50. The quantitative estimate of drug-likeness (QED) is 0.525. The van der Waals surface area contributed by atoms with Crippen molar-refractivity contribution in [3.05, 3.63) is 0 Å². The monoisotopic (exact) mass is 146 g/mol. The van der Waals surface area contributed by atoms with Gasteiger partial charge in [-0.15, -0.1) is 9.24 Å². The molecule has 56 valence electrons. The molecule has 0 saturated heterocycles. The summed E-state index contributed by atoms with van der Waals surface area (Å²) in [5.41, 5.74) is 0. The van der Waals surface area contributed by atoms with E-state index in [0.29, 0.717) is 5.16 Å². The first-order valence-corrected chi connectivity index (χ1v) is 4.25. The fourth-order valence-electron chi connectivity index (χ4n) is 0.667. The molecule has 0 aromatic carbocycles. The van der Waals surface area contributed by atoms with Gasteiger partial charge in [0.1, 0.15) is 0 Å². The van der Waals surface area contributed by atoms with E-state index in [9.17, 15) is 0 Å². The molecule has 9 heavy (non-hydrogen) atoms. The first kappa shape index (κ1) is 9.43. The lowest BCUT2D eigenvalue weighted by molar-refractivity contribution is 0.360. The third-order valence-electron chi connectivity index (χ3n) is 2.49. The van der Waals surface area contributed by atoms with E-state index in [1.165, 1.54) is 0 Å². The van der Waals surface area contributed by atoms with Gasteiger partial charge < -0.3 is 0 Å². The first-order valence-electron chi connectivity index (χ1n) is 3.68. The maximum atomic E-state index is 2.95. The largest absolute Gasteiger partial charge is 0.131 e. The molecule has 0 aliphatic heterocycles. The Kier molecular flexibility index (Phi) is 3.16. The molecule has 0 N–H and O–H groups in total. The average molecular weight is 146 g/mol. The highest BCUT2D eigenvalue weighted by molar-refractivity contribution is 7.19. The van der Waals surface area contributed by atoms with E-state index in [1.807, 2.05) is 0 Å². The fraction of sp³-hybridized carbons (Fsp3) is 1.00. The van der Waals surface area contributed by atoms with Crippen LogP contribution in [0.15, 0.2) is 0 Å². The van der Waals surface area contributed by atoms with Crippen LogP contribution in [0, 0.1) is 11.8 Å². The van der Waals surface area contributed by atoms with Crippen molar-refractivity contribution >= 4 is 9.24 Å². The average Bonchev–Trinajstić information content (AvgIpc) is 1.65. The van der Waals surface area contributed by atoms with E-state index in [-0.39, 0.29) is 0 Å². The molecule has 0 bridgehead atoms. The lowest BCUT2D eigenvalue weighted by atomic mass is 9.86. The van der Waals surface area contributed by atoms with Crippen molar-refractivity contribution in [3.8, 4) is 0 Å². The molecule has 0 rings (SSSR count). The minimum Gasteiger partial charge on any atom is -0.131 e. The number of hydrogen-bond donors (Lipinski definition) is 0. The summed E-state index contributed by atoms with van der Waals surface area (Å²) in [6, 6.07) is 0. The molecule has 0 aliphatic rings. The third kappa shape index (κ3) is 2.26. The fourth-order valence-corrected chi connectivity index (χ4v) is 0.667. The van der Waals surface area contributed by atoms with Crippen LogP contribution >= 0.6 is 9.24 Å². The standard InChI is InChI=1S/C8H19P/c1-6(2)8(5,9)7(3)4/h6-7H,9H2,1-5H3. The molecule has 0 radical (unpaired) electrons. The molecule has 0 spiro atoms. The van der Waals surface area contributed by atoms with Crippen LogP contribution in [0.3, 0.4) is 0 Å². The molecule has 0 aromatic rings. The van der Waals surface area contributed by atoms with Gasteiger partial charge in [-0.05, 0) is 17.0 Å². The zero-order valence-electron chi connectivity index (χ0n) is 7.23. The lowest BCUT2D eigenvalue weighted by Crippen LogP contribution is -2.29. The van der Waals surface area contributed by atoms with E-state index < -0.39 is 0 Å². The second-order valence-electron chi connectivity index (χ2n) is 3.68. The normalized spacial score (nSPS) is 13.3. The van der Waals surface area contributed by atoms with Gasteiger partial charge in [0.05, 0.1) is 0 Å². The smallest absolute Gasteiger partial charge is 0.0132 e. The maximum absolute atomic E-state index is 2.95. The van der Waals surface area contributed by atoms with Gasteiger partial charge in [-0.3, -0.25) is 0 Å². The topological polar surface area (TPSA) is 0 Å². The van der Waals surface area contributed by atoms with E-state index in [1.54, 1.807) is 0 Å². The summed E-state index contributed by atoms with van der Waals surface area (Å²) in [6.45, 7) is 11.4. The van der Waals surface area contributed by atoms with Gasteiger partial charge in [0.2, 0.25) is 0 Å². The van der Waals surface area contributed by atoms with Gasteiger partial charge in [0.15, 0.2) is 0 Å². The van der Waals surface area contributed by atoms with Crippen LogP contribution in [-0.2, 0) is 0 Å². The second-order valence-corrected chi connectivity index (χ2v) is 4.92. The van der Waals surface area contributed by atoms with Crippen molar-refractivity contribution in [1.29, 1.82) is 0 Å². The van der Waals surface area contributed by atoms with Crippen LogP contribution in [0.5, 0.6) is 0 Å².